The molecule has 0 aliphatic heterocycles. The van der Waals surface area contributed by atoms with Crippen molar-refractivity contribution in [3.63, 3.8) is 0 Å². The molecule has 0 fully saturated rings. The maximum absolute atomic E-state index is 9.45. The van der Waals surface area contributed by atoms with E-state index in [9.17, 15) is 10.4 Å². The standard InChI is InChI=1S/C15H17N3O/c1-3-15(2,10-19)18-14-12(9-16)8-11-6-4-5-7-13(11)17-14/h4-8,19H,3,10H2,1-2H3,(H,17,18). The maximum atomic E-state index is 9.45. The first-order valence-corrected chi connectivity index (χ1v) is 6.31. The van der Waals surface area contributed by atoms with E-state index in [0.717, 1.165) is 17.3 Å². The van der Waals surface area contributed by atoms with Crippen LogP contribution >= 0.6 is 0 Å². The number of anilines is 1. The zero-order valence-electron chi connectivity index (χ0n) is 11.1. The SMILES string of the molecule is CCC(C)(CO)Nc1nc2ccccc2cc1C#N. The molecule has 0 amide bonds. The van der Waals surface area contributed by atoms with Crippen LogP contribution in [-0.2, 0) is 0 Å². The third-order valence-corrected chi connectivity index (χ3v) is 3.39. The van der Waals surface area contributed by atoms with E-state index in [1.165, 1.54) is 0 Å². The molecule has 2 rings (SSSR count). The first-order valence-electron chi connectivity index (χ1n) is 6.31. The van der Waals surface area contributed by atoms with Gasteiger partial charge in [-0.1, -0.05) is 25.1 Å². The number of aliphatic hydroxyl groups is 1. The fourth-order valence-corrected chi connectivity index (χ4v) is 1.82. The fourth-order valence-electron chi connectivity index (χ4n) is 1.82. The van der Waals surface area contributed by atoms with Crippen molar-refractivity contribution < 1.29 is 5.11 Å². The summed E-state index contributed by atoms with van der Waals surface area (Å²) in [6.07, 6.45) is 0.739. The summed E-state index contributed by atoms with van der Waals surface area (Å²) in [7, 11) is 0. The highest BCUT2D eigenvalue weighted by Crippen LogP contribution is 2.23. The molecule has 2 aromatic rings. The Morgan fingerprint density at radius 1 is 1.42 bits per heavy atom. The highest BCUT2D eigenvalue weighted by atomic mass is 16.3. The number of hydrogen-bond donors (Lipinski definition) is 2. The van der Waals surface area contributed by atoms with Gasteiger partial charge in [-0.3, -0.25) is 0 Å². The van der Waals surface area contributed by atoms with Crippen LogP contribution in [0.4, 0.5) is 5.82 Å². The van der Waals surface area contributed by atoms with Crippen molar-refractivity contribution in [3.05, 3.63) is 35.9 Å². The topological polar surface area (TPSA) is 68.9 Å². The molecule has 0 spiro atoms. The highest BCUT2D eigenvalue weighted by molar-refractivity contribution is 5.82. The van der Waals surface area contributed by atoms with Crippen LogP contribution in [0.2, 0.25) is 0 Å². The van der Waals surface area contributed by atoms with Gasteiger partial charge in [-0.25, -0.2) is 4.98 Å². The minimum Gasteiger partial charge on any atom is -0.394 e. The normalized spacial score (nSPS) is 13.8. The van der Waals surface area contributed by atoms with E-state index in [1.807, 2.05) is 44.2 Å². The molecular formula is C15H17N3O. The van der Waals surface area contributed by atoms with Crippen LogP contribution in [0.25, 0.3) is 10.9 Å². The molecule has 1 aromatic heterocycles. The number of para-hydroxylation sites is 1. The molecule has 0 saturated heterocycles. The van der Waals surface area contributed by atoms with Gasteiger partial charge in [0.1, 0.15) is 11.9 Å². The quantitative estimate of drug-likeness (QED) is 0.881. The van der Waals surface area contributed by atoms with E-state index in [-0.39, 0.29) is 6.61 Å². The second kappa shape index (κ2) is 5.25. The fraction of sp³-hybridized carbons (Fsp3) is 0.333. The Morgan fingerprint density at radius 3 is 2.79 bits per heavy atom. The average Bonchev–Trinajstić information content (AvgIpc) is 2.46. The van der Waals surface area contributed by atoms with Crippen LogP contribution in [0.5, 0.6) is 0 Å². The Bertz CT molecular complexity index is 627. The van der Waals surface area contributed by atoms with Crippen LogP contribution in [0.1, 0.15) is 25.8 Å². The Labute approximate surface area is 112 Å². The van der Waals surface area contributed by atoms with E-state index < -0.39 is 5.54 Å². The first kappa shape index (κ1) is 13.3. The average molecular weight is 255 g/mol. The lowest BCUT2D eigenvalue weighted by Gasteiger charge is -2.28. The summed E-state index contributed by atoms with van der Waals surface area (Å²) in [4.78, 5) is 4.48. The smallest absolute Gasteiger partial charge is 0.145 e. The van der Waals surface area contributed by atoms with Gasteiger partial charge in [0.05, 0.1) is 23.2 Å². The van der Waals surface area contributed by atoms with Gasteiger partial charge in [-0.2, -0.15) is 5.26 Å². The minimum absolute atomic E-state index is 0.0110. The van der Waals surface area contributed by atoms with Crippen molar-refractivity contribution in [2.24, 2.45) is 0 Å². The van der Waals surface area contributed by atoms with Gasteiger partial charge in [0.25, 0.3) is 0 Å². The molecule has 1 aromatic carbocycles. The maximum Gasteiger partial charge on any atom is 0.145 e. The van der Waals surface area contributed by atoms with E-state index in [4.69, 9.17) is 0 Å². The number of nitriles is 1. The predicted molar refractivity (Wildman–Crippen MR) is 75.9 cm³/mol. The Kier molecular flexibility index (Phi) is 3.68. The third kappa shape index (κ3) is 2.67. The summed E-state index contributed by atoms with van der Waals surface area (Å²) >= 11 is 0. The Balaban J connectivity index is 2.50. The lowest BCUT2D eigenvalue weighted by Crippen LogP contribution is -2.38. The molecule has 19 heavy (non-hydrogen) atoms. The lowest BCUT2D eigenvalue weighted by atomic mass is 10.00. The molecule has 1 unspecified atom stereocenters. The predicted octanol–water partition coefficient (Wildman–Crippen LogP) is 2.68. The molecule has 1 atom stereocenters. The number of fused-ring (bicyclic) bond motifs is 1. The van der Waals surface area contributed by atoms with Crippen molar-refractivity contribution >= 4 is 16.7 Å². The van der Waals surface area contributed by atoms with Crippen molar-refractivity contribution in [1.29, 1.82) is 5.26 Å². The summed E-state index contributed by atoms with van der Waals surface area (Å²) < 4.78 is 0. The van der Waals surface area contributed by atoms with Crippen LogP contribution in [-0.4, -0.2) is 22.2 Å². The van der Waals surface area contributed by atoms with Crippen molar-refractivity contribution in [3.8, 4) is 6.07 Å². The summed E-state index contributed by atoms with van der Waals surface area (Å²) in [6.45, 7) is 3.88. The molecule has 2 N–H and O–H groups in total. The number of rotatable bonds is 4. The van der Waals surface area contributed by atoms with Crippen LogP contribution in [0.3, 0.4) is 0 Å². The van der Waals surface area contributed by atoms with Gasteiger partial charge >= 0.3 is 0 Å². The first-order chi connectivity index (χ1) is 9.11. The van der Waals surface area contributed by atoms with Crippen LogP contribution in [0, 0.1) is 11.3 Å². The number of aromatic nitrogens is 1. The van der Waals surface area contributed by atoms with E-state index in [0.29, 0.717) is 11.4 Å². The molecule has 98 valence electrons. The Morgan fingerprint density at radius 2 is 2.16 bits per heavy atom. The number of benzene rings is 1. The van der Waals surface area contributed by atoms with Gasteiger partial charge < -0.3 is 10.4 Å². The van der Waals surface area contributed by atoms with Crippen LogP contribution in [0.15, 0.2) is 30.3 Å². The van der Waals surface area contributed by atoms with Gasteiger partial charge in [-0.05, 0) is 25.5 Å². The molecule has 0 bridgehead atoms. The monoisotopic (exact) mass is 255 g/mol. The van der Waals surface area contributed by atoms with Gasteiger partial charge in [0.2, 0.25) is 0 Å². The molecule has 4 nitrogen and oxygen atoms in total. The molecule has 4 heteroatoms. The number of nitrogens with one attached hydrogen (secondary N) is 1. The van der Waals surface area contributed by atoms with Crippen molar-refractivity contribution in [1.82, 2.24) is 4.98 Å². The zero-order valence-corrected chi connectivity index (χ0v) is 11.1. The molecule has 0 saturated carbocycles. The molecule has 0 radical (unpaired) electrons. The van der Waals surface area contributed by atoms with Crippen molar-refractivity contribution in [2.75, 3.05) is 11.9 Å². The zero-order chi connectivity index (χ0) is 13.9. The lowest BCUT2D eigenvalue weighted by molar-refractivity contribution is 0.218. The van der Waals surface area contributed by atoms with Gasteiger partial charge in [0.15, 0.2) is 0 Å². The van der Waals surface area contributed by atoms with Gasteiger partial charge in [-0.15, -0.1) is 0 Å². The number of aliphatic hydroxyl groups excluding tert-OH is 1. The Hall–Kier alpha value is -2.12. The highest BCUT2D eigenvalue weighted by Gasteiger charge is 2.22. The summed E-state index contributed by atoms with van der Waals surface area (Å²) in [5.74, 6) is 0.527. The second-order valence-corrected chi connectivity index (χ2v) is 4.89. The largest absolute Gasteiger partial charge is 0.394 e. The summed E-state index contributed by atoms with van der Waals surface area (Å²) in [5.41, 5.74) is 0.855. The number of pyridine rings is 1. The molecule has 0 aliphatic rings. The molecule has 0 aliphatic carbocycles. The number of nitrogens with zero attached hydrogens (tertiary/aromatic N) is 2. The van der Waals surface area contributed by atoms with Crippen molar-refractivity contribution in [2.45, 2.75) is 25.8 Å². The second-order valence-electron chi connectivity index (χ2n) is 4.89. The third-order valence-electron chi connectivity index (χ3n) is 3.39. The number of hydrogen-bond acceptors (Lipinski definition) is 4. The minimum atomic E-state index is -0.471. The van der Waals surface area contributed by atoms with E-state index in [2.05, 4.69) is 16.4 Å². The summed E-state index contributed by atoms with van der Waals surface area (Å²) in [5, 5.41) is 22.8. The van der Waals surface area contributed by atoms with Crippen LogP contribution < -0.4 is 5.32 Å². The molecular weight excluding hydrogens is 238 g/mol. The molecule has 1 heterocycles. The summed E-state index contributed by atoms with van der Waals surface area (Å²) in [6, 6.07) is 11.6. The van der Waals surface area contributed by atoms with E-state index >= 15 is 0 Å². The van der Waals surface area contributed by atoms with Gasteiger partial charge in [0, 0.05) is 5.39 Å². The van der Waals surface area contributed by atoms with E-state index in [1.54, 1.807) is 0 Å².